The van der Waals surface area contributed by atoms with Gasteiger partial charge in [0.15, 0.2) is 11.5 Å². The molecule has 4 rings (SSSR count). The molecule has 0 saturated heterocycles. The lowest BCUT2D eigenvalue weighted by Gasteiger charge is -2.37. The number of nitrogens with zero attached hydrogens (tertiary/aromatic N) is 2. The standard InChI is InChI=1S/C26H23F3N2O6/c1-35-23-12-17-10-11-30(25(32)16-6-8-19(9-7-16)31(33)34)22(21(17)14-24(23)36-2)15-37-20-5-3-4-18(13-20)26(27,28)29/h3-9,12-14,22H,10-11,15H2,1-2H3/t22-/m0/s1. The topological polar surface area (TPSA) is 91.1 Å². The number of hydrogen-bond donors (Lipinski definition) is 0. The number of ether oxygens (including phenoxy) is 3. The molecule has 0 spiro atoms. The molecule has 0 fully saturated rings. The normalized spacial score (nSPS) is 15.1. The van der Waals surface area contributed by atoms with Crippen molar-refractivity contribution < 1.29 is 37.1 Å². The number of amides is 1. The van der Waals surface area contributed by atoms with Crippen molar-refractivity contribution in [2.24, 2.45) is 0 Å². The van der Waals surface area contributed by atoms with Crippen LogP contribution in [0.3, 0.4) is 0 Å². The van der Waals surface area contributed by atoms with Crippen LogP contribution in [0.15, 0.2) is 60.7 Å². The van der Waals surface area contributed by atoms with Gasteiger partial charge in [0, 0.05) is 24.2 Å². The van der Waals surface area contributed by atoms with Crippen LogP contribution in [-0.2, 0) is 12.6 Å². The fourth-order valence-corrected chi connectivity index (χ4v) is 4.28. The lowest BCUT2D eigenvalue weighted by atomic mass is 9.91. The van der Waals surface area contributed by atoms with Crippen LogP contribution in [0.2, 0.25) is 0 Å². The number of halogens is 3. The molecule has 0 bridgehead atoms. The quantitative estimate of drug-likeness (QED) is 0.306. The summed E-state index contributed by atoms with van der Waals surface area (Å²) in [6.07, 6.45) is -4.05. The Morgan fingerprint density at radius 3 is 2.35 bits per heavy atom. The van der Waals surface area contributed by atoms with Crippen molar-refractivity contribution in [2.75, 3.05) is 27.4 Å². The highest BCUT2D eigenvalue weighted by atomic mass is 19.4. The van der Waals surface area contributed by atoms with E-state index >= 15 is 0 Å². The lowest BCUT2D eigenvalue weighted by Crippen LogP contribution is -2.42. The number of carbonyl (C=O) groups excluding carboxylic acids is 1. The first-order chi connectivity index (χ1) is 17.6. The maximum Gasteiger partial charge on any atom is 0.416 e. The number of fused-ring (bicyclic) bond motifs is 1. The van der Waals surface area contributed by atoms with Crippen LogP contribution < -0.4 is 14.2 Å². The Bertz CT molecular complexity index is 1310. The molecule has 3 aromatic rings. The zero-order chi connectivity index (χ0) is 26.7. The Hall–Kier alpha value is -4.28. The number of nitro benzene ring substituents is 1. The predicted octanol–water partition coefficient (Wildman–Crippen LogP) is 5.45. The molecule has 0 aliphatic carbocycles. The van der Waals surface area contributed by atoms with Crippen LogP contribution >= 0.6 is 0 Å². The summed E-state index contributed by atoms with van der Waals surface area (Å²) in [6.45, 7) is 0.150. The number of carbonyl (C=O) groups is 1. The number of alkyl halides is 3. The second-order valence-corrected chi connectivity index (χ2v) is 8.31. The Morgan fingerprint density at radius 2 is 1.73 bits per heavy atom. The summed E-state index contributed by atoms with van der Waals surface area (Å²) in [5, 5.41) is 11.0. The summed E-state index contributed by atoms with van der Waals surface area (Å²) in [4.78, 5) is 25.5. The average Bonchev–Trinajstić information content (AvgIpc) is 2.90. The van der Waals surface area contributed by atoms with Crippen molar-refractivity contribution in [2.45, 2.75) is 18.6 Å². The first-order valence-electron chi connectivity index (χ1n) is 11.2. The molecule has 11 heteroatoms. The first kappa shape index (κ1) is 25.8. The summed E-state index contributed by atoms with van der Waals surface area (Å²) >= 11 is 0. The number of hydrogen-bond acceptors (Lipinski definition) is 6. The summed E-state index contributed by atoms with van der Waals surface area (Å²) in [5.41, 5.74) is 0.814. The third kappa shape index (κ3) is 5.45. The van der Waals surface area contributed by atoms with Crippen LogP contribution in [-0.4, -0.2) is 43.1 Å². The van der Waals surface area contributed by atoms with Gasteiger partial charge in [-0.1, -0.05) is 6.07 Å². The van der Waals surface area contributed by atoms with Gasteiger partial charge in [0.05, 0.1) is 30.7 Å². The number of benzene rings is 3. The molecule has 0 N–H and O–H groups in total. The molecule has 1 atom stereocenters. The minimum absolute atomic E-state index is 0.00478. The molecule has 1 heterocycles. The van der Waals surface area contributed by atoms with Crippen LogP contribution in [0, 0.1) is 10.1 Å². The van der Waals surface area contributed by atoms with E-state index in [1.165, 1.54) is 50.6 Å². The first-order valence-corrected chi connectivity index (χ1v) is 11.2. The fourth-order valence-electron chi connectivity index (χ4n) is 4.28. The number of non-ortho nitro benzene ring substituents is 1. The zero-order valence-corrected chi connectivity index (χ0v) is 19.9. The van der Waals surface area contributed by atoms with Crippen molar-refractivity contribution in [1.29, 1.82) is 0 Å². The van der Waals surface area contributed by atoms with Crippen molar-refractivity contribution in [3.63, 3.8) is 0 Å². The molecule has 37 heavy (non-hydrogen) atoms. The summed E-state index contributed by atoms with van der Waals surface area (Å²) in [5.74, 6) is 0.544. The highest BCUT2D eigenvalue weighted by Gasteiger charge is 2.34. The van der Waals surface area contributed by atoms with E-state index < -0.39 is 28.6 Å². The maximum absolute atomic E-state index is 13.5. The van der Waals surface area contributed by atoms with E-state index in [-0.39, 0.29) is 30.2 Å². The van der Waals surface area contributed by atoms with Gasteiger partial charge in [0.2, 0.25) is 0 Å². The van der Waals surface area contributed by atoms with Gasteiger partial charge in [-0.15, -0.1) is 0 Å². The molecule has 0 radical (unpaired) electrons. The molecule has 1 amide bonds. The minimum Gasteiger partial charge on any atom is -0.493 e. The van der Waals surface area contributed by atoms with Crippen LogP contribution in [0.25, 0.3) is 0 Å². The minimum atomic E-state index is -4.53. The largest absolute Gasteiger partial charge is 0.493 e. The highest BCUT2D eigenvalue weighted by Crippen LogP contribution is 2.39. The van der Waals surface area contributed by atoms with Crippen LogP contribution in [0.5, 0.6) is 17.2 Å². The molecule has 1 aliphatic rings. The monoisotopic (exact) mass is 516 g/mol. The molecular formula is C26H23F3N2O6. The number of rotatable bonds is 7. The predicted molar refractivity (Wildman–Crippen MR) is 127 cm³/mol. The van der Waals surface area contributed by atoms with Crippen molar-refractivity contribution in [1.82, 2.24) is 4.90 Å². The van der Waals surface area contributed by atoms with Gasteiger partial charge in [-0.25, -0.2) is 0 Å². The smallest absolute Gasteiger partial charge is 0.416 e. The van der Waals surface area contributed by atoms with Crippen molar-refractivity contribution in [3.8, 4) is 17.2 Å². The van der Waals surface area contributed by atoms with Crippen molar-refractivity contribution in [3.05, 3.63) is 93.0 Å². The maximum atomic E-state index is 13.5. The molecule has 0 aromatic heterocycles. The zero-order valence-electron chi connectivity index (χ0n) is 19.9. The van der Waals surface area contributed by atoms with E-state index in [4.69, 9.17) is 14.2 Å². The van der Waals surface area contributed by atoms with Gasteiger partial charge < -0.3 is 19.1 Å². The average molecular weight is 516 g/mol. The lowest BCUT2D eigenvalue weighted by molar-refractivity contribution is -0.384. The van der Waals surface area contributed by atoms with E-state index in [2.05, 4.69) is 0 Å². The van der Waals surface area contributed by atoms with Crippen LogP contribution in [0.4, 0.5) is 18.9 Å². The van der Waals surface area contributed by atoms with Gasteiger partial charge in [-0.3, -0.25) is 14.9 Å². The van der Waals surface area contributed by atoms with Gasteiger partial charge in [0.25, 0.3) is 11.6 Å². The summed E-state index contributed by atoms with van der Waals surface area (Å²) < 4.78 is 56.1. The Labute approximate surface area is 210 Å². The van der Waals surface area contributed by atoms with E-state index in [9.17, 15) is 28.1 Å². The molecule has 0 unspecified atom stereocenters. The number of methoxy groups -OCH3 is 2. The SMILES string of the molecule is COc1cc2c(cc1OC)[C@H](COc1cccc(C(F)(F)F)c1)N(C(=O)c1ccc([N+](=O)[O-])cc1)CC2. The fraction of sp³-hybridized carbons (Fsp3) is 0.269. The van der Waals surface area contributed by atoms with Crippen molar-refractivity contribution >= 4 is 11.6 Å². The molecular weight excluding hydrogens is 493 g/mol. The summed E-state index contributed by atoms with van der Waals surface area (Å²) in [6, 6.07) is 12.6. The molecule has 194 valence electrons. The van der Waals surface area contributed by atoms with Gasteiger partial charge >= 0.3 is 6.18 Å². The molecule has 0 saturated carbocycles. The highest BCUT2D eigenvalue weighted by molar-refractivity contribution is 5.95. The second kappa shape index (κ2) is 10.4. The molecule has 1 aliphatic heterocycles. The van der Waals surface area contributed by atoms with Crippen LogP contribution in [0.1, 0.15) is 33.1 Å². The van der Waals surface area contributed by atoms with Gasteiger partial charge in [-0.2, -0.15) is 13.2 Å². The Balaban J connectivity index is 1.69. The molecule has 3 aromatic carbocycles. The van der Waals surface area contributed by atoms with Gasteiger partial charge in [-0.05, 0) is 60.0 Å². The van der Waals surface area contributed by atoms with E-state index in [0.29, 0.717) is 23.5 Å². The van der Waals surface area contributed by atoms with E-state index in [1.807, 2.05) is 0 Å². The third-order valence-electron chi connectivity index (χ3n) is 6.16. The molecule has 8 nitrogen and oxygen atoms in total. The third-order valence-corrected chi connectivity index (χ3v) is 6.16. The second-order valence-electron chi connectivity index (χ2n) is 8.31. The number of nitro groups is 1. The van der Waals surface area contributed by atoms with E-state index in [1.54, 1.807) is 17.0 Å². The Kier molecular flexibility index (Phi) is 7.23. The Morgan fingerprint density at radius 1 is 1.05 bits per heavy atom. The van der Waals surface area contributed by atoms with Gasteiger partial charge in [0.1, 0.15) is 12.4 Å². The van der Waals surface area contributed by atoms with E-state index in [0.717, 1.165) is 17.7 Å². The summed E-state index contributed by atoms with van der Waals surface area (Å²) in [7, 11) is 2.98.